The predicted molar refractivity (Wildman–Crippen MR) is 102 cm³/mol. The van der Waals surface area contributed by atoms with Crippen LogP contribution in [0, 0.1) is 0 Å². The summed E-state index contributed by atoms with van der Waals surface area (Å²) in [7, 11) is -4.33. The smallest absolute Gasteiger partial charge is 0.345 e. The fraction of sp³-hybridized carbons (Fsp3) is 0.111. The standard InChI is InChI=1S/C18H17N4O5P/c1-11(12-5-7-13(8-6-12)28(25,26)27)21-17(23)14-10-20-16(22-18(14)24)15-4-2-3-9-19-15/h2-11H,1H3,(H,21,23)(H,20,22,24)(H2,25,26,27)/t11-/m0/s1. The maximum absolute atomic E-state index is 12.4. The highest BCUT2D eigenvalue weighted by atomic mass is 31.2. The first-order valence-corrected chi connectivity index (χ1v) is 9.84. The van der Waals surface area contributed by atoms with Crippen molar-refractivity contribution in [2.24, 2.45) is 0 Å². The van der Waals surface area contributed by atoms with E-state index in [1.165, 1.54) is 30.5 Å². The lowest BCUT2D eigenvalue weighted by atomic mass is 10.1. The molecule has 0 aliphatic rings. The maximum atomic E-state index is 12.4. The lowest BCUT2D eigenvalue weighted by Gasteiger charge is -2.15. The second-order valence-electron chi connectivity index (χ2n) is 6.02. The Morgan fingerprint density at radius 2 is 1.86 bits per heavy atom. The van der Waals surface area contributed by atoms with E-state index in [2.05, 4.69) is 20.3 Å². The summed E-state index contributed by atoms with van der Waals surface area (Å²) in [5, 5.41) is 2.55. The van der Waals surface area contributed by atoms with Crippen molar-refractivity contribution in [2.75, 3.05) is 0 Å². The zero-order valence-electron chi connectivity index (χ0n) is 14.7. The van der Waals surface area contributed by atoms with Gasteiger partial charge in [-0.25, -0.2) is 4.98 Å². The Kier molecular flexibility index (Phi) is 5.51. The van der Waals surface area contributed by atoms with Crippen LogP contribution in [0.1, 0.15) is 28.9 Å². The Morgan fingerprint density at radius 1 is 1.14 bits per heavy atom. The summed E-state index contributed by atoms with van der Waals surface area (Å²) in [5.41, 5.74) is 0.348. The van der Waals surface area contributed by atoms with Crippen LogP contribution in [-0.4, -0.2) is 30.6 Å². The van der Waals surface area contributed by atoms with Crippen LogP contribution in [-0.2, 0) is 4.57 Å². The van der Waals surface area contributed by atoms with Crippen LogP contribution < -0.4 is 16.2 Å². The van der Waals surface area contributed by atoms with Crippen molar-refractivity contribution in [1.82, 2.24) is 20.3 Å². The molecular formula is C18H17N4O5P. The van der Waals surface area contributed by atoms with Crippen LogP contribution in [0.25, 0.3) is 11.5 Å². The third kappa shape index (κ3) is 4.40. The summed E-state index contributed by atoms with van der Waals surface area (Å²) in [6.07, 6.45) is 2.75. The first kappa shape index (κ1) is 19.6. The number of nitrogens with zero attached hydrogens (tertiary/aromatic N) is 2. The fourth-order valence-electron chi connectivity index (χ4n) is 2.50. The van der Waals surface area contributed by atoms with Crippen LogP contribution in [0.3, 0.4) is 0 Å². The highest BCUT2D eigenvalue weighted by molar-refractivity contribution is 7.60. The number of aromatic nitrogens is 3. The lowest BCUT2D eigenvalue weighted by Crippen LogP contribution is -2.32. The van der Waals surface area contributed by atoms with Gasteiger partial charge in [-0.15, -0.1) is 0 Å². The van der Waals surface area contributed by atoms with Gasteiger partial charge in [-0.2, -0.15) is 0 Å². The van der Waals surface area contributed by atoms with E-state index in [1.807, 2.05) is 0 Å². The number of pyridine rings is 1. The van der Waals surface area contributed by atoms with Crippen molar-refractivity contribution in [2.45, 2.75) is 13.0 Å². The van der Waals surface area contributed by atoms with Gasteiger partial charge in [-0.1, -0.05) is 18.2 Å². The van der Waals surface area contributed by atoms with Crippen LogP contribution in [0.2, 0.25) is 0 Å². The minimum atomic E-state index is -4.33. The molecule has 0 saturated carbocycles. The summed E-state index contributed by atoms with van der Waals surface area (Å²) in [4.78, 5) is 53.7. The number of benzene rings is 1. The van der Waals surface area contributed by atoms with E-state index in [0.717, 1.165) is 0 Å². The molecule has 9 nitrogen and oxygen atoms in total. The first-order chi connectivity index (χ1) is 13.3. The average molecular weight is 400 g/mol. The molecule has 1 aromatic carbocycles. The number of H-pyrrole nitrogens is 1. The van der Waals surface area contributed by atoms with Crippen molar-refractivity contribution in [3.8, 4) is 11.5 Å². The van der Waals surface area contributed by atoms with Gasteiger partial charge in [-0.3, -0.25) is 19.1 Å². The Hall–Kier alpha value is -3.13. The SMILES string of the molecule is C[C@H](NC(=O)c1cnc(-c2ccccn2)[nH]c1=O)c1ccc(P(=O)(O)O)cc1. The summed E-state index contributed by atoms with van der Waals surface area (Å²) in [6, 6.07) is 10.3. The van der Waals surface area contributed by atoms with E-state index in [9.17, 15) is 14.2 Å². The third-order valence-corrected chi connectivity index (χ3v) is 5.00. The predicted octanol–water partition coefficient (Wildman–Crippen LogP) is 1.13. The molecule has 0 spiro atoms. The van der Waals surface area contributed by atoms with Gasteiger partial charge < -0.3 is 20.1 Å². The van der Waals surface area contributed by atoms with Gasteiger partial charge in [0, 0.05) is 12.4 Å². The second-order valence-corrected chi connectivity index (χ2v) is 7.62. The molecule has 0 bridgehead atoms. The van der Waals surface area contributed by atoms with Crippen LogP contribution in [0.15, 0.2) is 59.7 Å². The molecule has 1 amide bonds. The highest BCUT2D eigenvalue weighted by Crippen LogP contribution is 2.33. The van der Waals surface area contributed by atoms with Gasteiger partial charge in [0.2, 0.25) is 0 Å². The molecule has 2 heterocycles. The fourth-order valence-corrected chi connectivity index (χ4v) is 3.04. The quantitative estimate of drug-likeness (QED) is 0.470. The highest BCUT2D eigenvalue weighted by Gasteiger charge is 2.19. The van der Waals surface area contributed by atoms with Gasteiger partial charge >= 0.3 is 7.60 Å². The van der Waals surface area contributed by atoms with Crippen LogP contribution >= 0.6 is 7.60 Å². The monoisotopic (exact) mass is 400 g/mol. The molecule has 1 atom stereocenters. The Labute approximate surface area is 159 Å². The van der Waals surface area contributed by atoms with Crippen LogP contribution in [0.5, 0.6) is 0 Å². The van der Waals surface area contributed by atoms with Crippen molar-refractivity contribution in [1.29, 1.82) is 0 Å². The first-order valence-electron chi connectivity index (χ1n) is 8.23. The second kappa shape index (κ2) is 7.85. The number of carbonyl (C=O) groups excluding carboxylic acids is 1. The van der Waals surface area contributed by atoms with Crippen LogP contribution in [0.4, 0.5) is 0 Å². The number of carbonyl (C=O) groups is 1. The zero-order valence-corrected chi connectivity index (χ0v) is 15.6. The molecule has 0 saturated heterocycles. The zero-order chi connectivity index (χ0) is 20.3. The summed E-state index contributed by atoms with van der Waals surface area (Å²) in [5.74, 6) is -0.365. The van der Waals surface area contributed by atoms with E-state index in [0.29, 0.717) is 11.3 Å². The summed E-state index contributed by atoms with van der Waals surface area (Å²) in [6.45, 7) is 1.69. The molecule has 0 fully saturated rings. The Bertz CT molecular complexity index is 1090. The molecule has 0 aliphatic carbocycles. The largest absolute Gasteiger partial charge is 0.356 e. The molecule has 144 valence electrons. The third-order valence-electron chi connectivity index (χ3n) is 4.03. The number of hydrogen-bond donors (Lipinski definition) is 4. The molecule has 28 heavy (non-hydrogen) atoms. The minimum Gasteiger partial charge on any atom is -0.345 e. The number of aromatic amines is 1. The average Bonchev–Trinajstić information content (AvgIpc) is 2.68. The van der Waals surface area contributed by atoms with Gasteiger partial charge in [0.05, 0.1) is 11.3 Å². The number of amides is 1. The van der Waals surface area contributed by atoms with Crippen molar-refractivity contribution >= 4 is 18.8 Å². The molecular weight excluding hydrogens is 383 g/mol. The van der Waals surface area contributed by atoms with Gasteiger partial charge in [-0.05, 0) is 36.8 Å². The molecule has 3 aromatic rings. The molecule has 0 unspecified atom stereocenters. The maximum Gasteiger partial charge on any atom is 0.356 e. The number of hydrogen-bond acceptors (Lipinski definition) is 5. The van der Waals surface area contributed by atoms with E-state index in [-0.39, 0.29) is 16.7 Å². The van der Waals surface area contributed by atoms with Gasteiger partial charge in [0.1, 0.15) is 11.3 Å². The molecule has 4 N–H and O–H groups in total. The molecule has 3 rings (SSSR count). The topological polar surface area (TPSA) is 145 Å². The van der Waals surface area contributed by atoms with Gasteiger partial charge in [0.15, 0.2) is 5.82 Å². The lowest BCUT2D eigenvalue weighted by molar-refractivity contribution is 0.0938. The minimum absolute atomic E-state index is 0.111. The van der Waals surface area contributed by atoms with E-state index < -0.39 is 25.1 Å². The Balaban J connectivity index is 1.75. The summed E-state index contributed by atoms with van der Waals surface area (Å²) < 4.78 is 11.2. The van der Waals surface area contributed by atoms with E-state index in [1.54, 1.807) is 31.3 Å². The van der Waals surface area contributed by atoms with Crippen molar-refractivity contribution < 1.29 is 19.1 Å². The Morgan fingerprint density at radius 3 is 2.43 bits per heavy atom. The van der Waals surface area contributed by atoms with E-state index >= 15 is 0 Å². The van der Waals surface area contributed by atoms with Crippen molar-refractivity contribution in [3.05, 3.63) is 76.3 Å². The molecule has 2 aromatic heterocycles. The van der Waals surface area contributed by atoms with Crippen molar-refractivity contribution in [3.63, 3.8) is 0 Å². The van der Waals surface area contributed by atoms with E-state index in [4.69, 9.17) is 9.79 Å². The number of rotatable bonds is 5. The molecule has 0 aliphatic heterocycles. The number of nitrogens with one attached hydrogen (secondary N) is 2. The molecule has 0 radical (unpaired) electrons. The summed E-state index contributed by atoms with van der Waals surface area (Å²) >= 11 is 0. The normalized spacial score (nSPS) is 12.4. The molecule has 10 heteroatoms. The van der Waals surface area contributed by atoms with Gasteiger partial charge in [0.25, 0.3) is 11.5 Å².